The molecule has 38 heavy (non-hydrogen) atoms. The van der Waals surface area contributed by atoms with E-state index in [1.165, 1.54) is 33.3 Å². The number of anilines is 2. The Labute approximate surface area is 228 Å². The number of carbonyl (C=O) groups is 1. The van der Waals surface area contributed by atoms with Crippen LogP contribution >= 0.6 is 11.3 Å². The third-order valence-corrected chi connectivity index (χ3v) is 9.86. The molecule has 0 fully saturated rings. The summed E-state index contributed by atoms with van der Waals surface area (Å²) in [5.41, 5.74) is 5.41. The predicted molar refractivity (Wildman–Crippen MR) is 155 cm³/mol. The molecule has 198 valence electrons. The summed E-state index contributed by atoms with van der Waals surface area (Å²) >= 11 is 1.50. The highest BCUT2D eigenvalue weighted by atomic mass is 32.2. The van der Waals surface area contributed by atoms with E-state index < -0.39 is 10.0 Å². The van der Waals surface area contributed by atoms with Crippen molar-refractivity contribution in [3.63, 3.8) is 0 Å². The smallest absolute Gasteiger partial charge is 0.264 e. The van der Waals surface area contributed by atoms with Gasteiger partial charge in [0.05, 0.1) is 20.8 Å². The first kappa shape index (κ1) is 26.3. The average molecular weight is 549 g/mol. The van der Waals surface area contributed by atoms with Crippen molar-refractivity contribution in [2.75, 3.05) is 42.9 Å². The van der Waals surface area contributed by atoms with Gasteiger partial charge < -0.3 is 4.90 Å². The van der Waals surface area contributed by atoms with Gasteiger partial charge in [-0.2, -0.15) is 0 Å². The second-order valence-electron chi connectivity index (χ2n) is 9.99. The zero-order chi connectivity index (χ0) is 27.0. The summed E-state index contributed by atoms with van der Waals surface area (Å²) in [6.07, 6.45) is 1.64. The van der Waals surface area contributed by atoms with Crippen LogP contribution in [0.15, 0.2) is 65.6 Å². The van der Waals surface area contributed by atoms with Crippen LogP contribution < -0.4 is 9.21 Å². The molecule has 2 heterocycles. The Morgan fingerprint density at radius 3 is 2.45 bits per heavy atom. The molecule has 0 aliphatic carbocycles. The SMILES string of the molecule is Cc1cc2nc(N(CCN(C)C)C(=O)c3ccc(S(=O)(=O)N4CCCc5ccccc54)cc3)sc2cc1C. The summed E-state index contributed by atoms with van der Waals surface area (Å²) in [6.45, 7) is 5.70. The first-order chi connectivity index (χ1) is 18.1. The molecule has 0 saturated carbocycles. The van der Waals surface area contributed by atoms with Crippen molar-refractivity contribution in [2.45, 2.75) is 31.6 Å². The molecule has 1 aliphatic rings. The molecule has 0 spiro atoms. The number of carbonyl (C=O) groups excluding carboxylic acids is 1. The number of rotatable bonds is 7. The van der Waals surface area contributed by atoms with Gasteiger partial charge in [0.1, 0.15) is 0 Å². The normalized spacial score (nSPS) is 13.7. The van der Waals surface area contributed by atoms with Crippen molar-refractivity contribution in [1.29, 1.82) is 0 Å². The van der Waals surface area contributed by atoms with Crippen molar-refractivity contribution in [1.82, 2.24) is 9.88 Å². The van der Waals surface area contributed by atoms with Gasteiger partial charge in [0.15, 0.2) is 5.13 Å². The van der Waals surface area contributed by atoms with Crippen LogP contribution in [0.1, 0.15) is 33.5 Å². The lowest BCUT2D eigenvalue weighted by Crippen LogP contribution is -2.37. The van der Waals surface area contributed by atoms with Crippen LogP contribution in [0.5, 0.6) is 0 Å². The first-order valence-electron chi connectivity index (χ1n) is 12.7. The lowest BCUT2D eigenvalue weighted by Gasteiger charge is -2.30. The molecular formula is C29H32N4O3S2. The van der Waals surface area contributed by atoms with Crippen LogP contribution in [-0.4, -0.2) is 57.9 Å². The summed E-state index contributed by atoms with van der Waals surface area (Å²) in [7, 11) is 0.183. The zero-order valence-corrected chi connectivity index (χ0v) is 23.8. The standard InChI is InChI=1S/C29H32N4O3S2/c1-20-18-25-27(19-21(20)2)37-29(30-25)32(17-16-31(3)4)28(34)23-11-13-24(14-12-23)38(35,36)33-15-7-9-22-8-5-6-10-26(22)33/h5-6,8,10-14,18-19H,7,9,15-17H2,1-4H3. The summed E-state index contributed by atoms with van der Waals surface area (Å²) in [4.78, 5) is 22.4. The van der Waals surface area contributed by atoms with E-state index in [4.69, 9.17) is 4.98 Å². The van der Waals surface area contributed by atoms with Gasteiger partial charge in [-0.25, -0.2) is 13.4 Å². The van der Waals surface area contributed by atoms with E-state index in [0.29, 0.717) is 30.3 Å². The molecule has 7 nitrogen and oxygen atoms in total. The third-order valence-electron chi connectivity index (χ3n) is 7.00. The van der Waals surface area contributed by atoms with E-state index in [2.05, 4.69) is 26.0 Å². The van der Waals surface area contributed by atoms with E-state index >= 15 is 0 Å². The highest BCUT2D eigenvalue weighted by Crippen LogP contribution is 2.33. The van der Waals surface area contributed by atoms with Crippen molar-refractivity contribution in [2.24, 2.45) is 0 Å². The fourth-order valence-corrected chi connectivity index (χ4v) is 7.28. The van der Waals surface area contributed by atoms with Gasteiger partial charge in [-0.15, -0.1) is 0 Å². The lowest BCUT2D eigenvalue weighted by atomic mass is 10.0. The minimum atomic E-state index is -3.75. The van der Waals surface area contributed by atoms with Crippen LogP contribution in [0.25, 0.3) is 10.2 Å². The Balaban J connectivity index is 1.45. The molecule has 0 bridgehead atoms. The van der Waals surface area contributed by atoms with Gasteiger partial charge in [-0.1, -0.05) is 29.5 Å². The molecule has 0 saturated heterocycles. The van der Waals surface area contributed by atoms with Gasteiger partial charge >= 0.3 is 0 Å². The molecule has 1 aliphatic heterocycles. The van der Waals surface area contributed by atoms with Crippen molar-refractivity contribution >= 4 is 48.3 Å². The van der Waals surface area contributed by atoms with E-state index in [1.54, 1.807) is 17.0 Å². The van der Waals surface area contributed by atoms with Gasteiger partial charge in [0, 0.05) is 25.2 Å². The Morgan fingerprint density at radius 1 is 1.00 bits per heavy atom. The molecule has 0 unspecified atom stereocenters. The maximum atomic E-state index is 13.7. The third kappa shape index (κ3) is 5.06. The highest BCUT2D eigenvalue weighted by molar-refractivity contribution is 7.92. The summed E-state index contributed by atoms with van der Waals surface area (Å²) in [5, 5.41) is 0.637. The Morgan fingerprint density at radius 2 is 1.71 bits per heavy atom. The number of aromatic nitrogens is 1. The molecule has 4 aromatic rings. The van der Waals surface area contributed by atoms with Crippen molar-refractivity contribution in [3.8, 4) is 0 Å². The molecule has 5 rings (SSSR count). The molecule has 9 heteroatoms. The van der Waals surface area contributed by atoms with Crippen LogP contribution in [0, 0.1) is 13.8 Å². The maximum Gasteiger partial charge on any atom is 0.264 e. The number of nitrogens with zero attached hydrogens (tertiary/aromatic N) is 4. The van der Waals surface area contributed by atoms with Gasteiger partial charge in [-0.05, 0) is 99.9 Å². The molecule has 3 aromatic carbocycles. The Bertz CT molecular complexity index is 1560. The van der Waals surface area contributed by atoms with Crippen LogP contribution in [-0.2, 0) is 16.4 Å². The molecule has 1 amide bonds. The zero-order valence-electron chi connectivity index (χ0n) is 22.1. The number of thiazole rings is 1. The Hall–Kier alpha value is -3.27. The summed E-state index contributed by atoms with van der Waals surface area (Å²) in [6, 6.07) is 18.1. The number of para-hydroxylation sites is 1. The number of sulfonamides is 1. The fourth-order valence-electron chi connectivity index (χ4n) is 4.67. The van der Waals surface area contributed by atoms with Crippen molar-refractivity contribution < 1.29 is 13.2 Å². The van der Waals surface area contributed by atoms with Crippen molar-refractivity contribution in [3.05, 3.63) is 82.9 Å². The number of fused-ring (bicyclic) bond motifs is 2. The lowest BCUT2D eigenvalue weighted by molar-refractivity contribution is 0.0985. The minimum absolute atomic E-state index is 0.177. The molecule has 0 atom stereocenters. The monoisotopic (exact) mass is 548 g/mol. The average Bonchev–Trinajstić information content (AvgIpc) is 3.30. The maximum absolute atomic E-state index is 13.7. The summed E-state index contributed by atoms with van der Waals surface area (Å²) in [5.74, 6) is -0.202. The molecule has 0 N–H and O–H groups in total. The number of amides is 1. The van der Waals surface area contributed by atoms with Crippen LogP contribution in [0.4, 0.5) is 10.8 Å². The predicted octanol–water partition coefficient (Wildman–Crippen LogP) is 5.26. The van der Waals surface area contributed by atoms with E-state index in [1.807, 2.05) is 43.3 Å². The highest BCUT2D eigenvalue weighted by Gasteiger charge is 2.29. The topological polar surface area (TPSA) is 73.8 Å². The minimum Gasteiger partial charge on any atom is -0.308 e. The number of benzene rings is 3. The quantitative estimate of drug-likeness (QED) is 0.315. The van der Waals surface area contributed by atoms with Crippen LogP contribution in [0.3, 0.4) is 0 Å². The summed E-state index contributed by atoms with van der Waals surface area (Å²) < 4.78 is 29.6. The number of likely N-dealkylation sites (N-methyl/N-ethyl adjacent to an activating group) is 1. The van der Waals surface area contributed by atoms with E-state index in [-0.39, 0.29) is 10.8 Å². The largest absolute Gasteiger partial charge is 0.308 e. The number of hydrogen-bond donors (Lipinski definition) is 0. The second-order valence-corrected chi connectivity index (χ2v) is 12.9. The molecular weight excluding hydrogens is 516 g/mol. The van der Waals surface area contributed by atoms with E-state index in [9.17, 15) is 13.2 Å². The van der Waals surface area contributed by atoms with Gasteiger partial charge in [0.2, 0.25) is 0 Å². The second kappa shape index (κ2) is 10.5. The van der Waals surface area contributed by atoms with Gasteiger partial charge in [0.25, 0.3) is 15.9 Å². The molecule has 1 aromatic heterocycles. The van der Waals surface area contributed by atoms with Crippen LogP contribution in [0.2, 0.25) is 0 Å². The first-order valence-corrected chi connectivity index (χ1v) is 15.0. The number of hydrogen-bond acceptors (Lipinski definition) is 6. The van der Waals surface area contributed by atoms with E-state index in [0.717, 1.165) is 39.9 Å². The Kier molecular flexibility index (Phi) is 7.26. The number of aryl methyl sites for hydroxylation is 3. The van der Waals surface area contributed by atoms with Gasteiger partial charge in [-0.3, -0.25) is 14.0 Å². The molecule has 0 radical (unpaired) electrons. The fraction of sp³-hybridized carbons (Fsp3) is 0.310.